The third-order valence-corrected chi connectivity index (χ3v) is 3.88. The Morgan fingerprint density at radius 1 is 1.15 bits per heavy atom. The molecule has 2 heterocycles. The monoisotopic (exact) mass is 303 g/mol. The molecule has 0 spiro atoms. The van der Waals surface area contributed by atoms with Gasteiger partial charge in [-0.2, -0.15) is 5.10 Å². The Bertz CT molecular complexity index is 736. The second-order valence-corrected chi connectivity index (χ2v) is 5.75. The molecule has 0 fully saturated rings. The molecule has 0 radical (unpaired) electrons. The molecule has 0 aliphatic rings. The fourth-order valence-corrected chi connectivity index (χ4v) is 2.67. The Labute approximate surface area is 124 Å². The average molecular weight is 304 g/mol. The molecule has 6 heteroatoms. The summed E-state index contributed by atoms with van der Waals surface area (Å²) >= 11 is 7.05. The Morgan fingerprint density at radius 2 is 1.95 bits per heavy atom. The van der Waals surface area contributed by atoms with Crippen LogP contribution in [0, 0.1) is 0 Å². The number of halogens is 1. The van der Waals surface area contributed by atoms with E-state index < -0.39 is 0 Å². The lowest BCUT2D eigenvalue weighted by Crippen LogP contribution is -2.10. The molecule has 0 aliphatic carbocycles. The summed E-state index contributed by atoms with van der Waals surface area (Å²) in [6.45, 7) is 0. The van der Waals surface area contributed by atoms with E-state index in [0.717, 1.165) is 5.69 Å². The van der Waals surface area contributed by atoms with Crippen LogP contribution in [-0.2, 0) is 0 Å². The number of hydrogen-bond acceptors (Lipinski definition) is 3. The number of thiophene rings is 1. The smallest absolute Gasteiger partial charge is 0.266 e. The van der Waals surface area contributed by atoms with Crippen molar-refractivity contribution in [3.8, 4) is 5.69 Å². The van der Waals surface area contributed by atoms with Crippen LogP contribution in [0.2, 0.25) is 4.34 Å². The van der Waals surface area contributed by atoms with E-state index in [1.807, 2.05) is 30.3 Å². The highest BCUT2D eigenvalue weighted by Crippen LogP contribution is 2.22. The van der Waals surface area contributed by atoms with Gasteiger partial charge >= 0.3 is 0 Å². The largest absolute Gasteiger partial charge is 0.304 e. The third-order valence-electron chi connectivity index (χ3n) is 2.65. The molecule has 1 aromatic carbocycles. The van der Waals surface area contributed by atoms with E-state index in [0.29, 0.717) is 15.0 Å². The van der Waals surface area contributed by atoms with Crippen LogP contribution in [0.15, 0.2) is 54.7 Å². The Hall–Kier alpha value is -2.11. The van der Waals surface area contributed by atoms with Crippen LogP contribution in [0.5, 0.6) is 0 Å². The average Bonchev–Trinajstić information content (AvgIpc) is 3.09. The molecule has 0 atom stereocenters. The highest BCUT2D eigenvalue weighted by molar-refractivity contribution is 7.18. The fourth-order valence-electron chi connectivity index (χ4n) is 1.73. The van der Waals surface area contributed by atoms with E-state index in [2.05, 4.69) is 10.4 Å². The van der Waals surface area contributed by atoms with E-state index >= 15 is 0 Å². The molecule has 0 saturated heterocycles. The highest BCUT2D eigenvalue weighted by atomic mass is 35.5. The predicted octanol–water partition coefficient (Wildman–Crippen LogP) is 3.84. The first-order valence-electron chi connectivity index (χ1n) is 5.90. The lowest BCUT2D eigenvalue weighted by atomic mass is 10.3. The van der Waals surface area contributed by atoms with E-state index in [1.54, 1.807) is 29.1 Å². The maximum Gasteiger partial charge on any atom is 0.266 e. The maximum absolute atomic E-state index is 12.0. The van der Waals surface area contributed by atoms with Crippen molar-refractivity contribution in [3.63, 3.8) is 0 Å². The summed E-state index contributed by atoms with van der Waals surface area (Å²) in [5, 5.41) is 7.05. The minimum Gasteiger partial charge on any atom is -0.304 e. The first kappa shape index (κ1) is 12.9. The summed E-state index contributed by atoms with van der Waals surface area (Å²) in [5.74, 6) is 0.295. The number of amides is 1. The molecule has 4 nitrogen and oxygen atoms in total. The first-order valence-corrected chi connectivity index (χ1v) is 7.09. The molecule has 0 saturated carbocycles. The van der Waals surface area contributed by atoms with Gasteiger partial charge in [0.15, 0.2) is 5.82 Å². The molecule has 3 aromatic rings. The number of nitrogens with one attached hydrogen (secondary N) is 1. The van der Waals surface area contributed by atoms with Crippen molar-refractivity contribution in [2.45, 2.75) is 0 Å². The molecule has 1 N–H and O–H groups in total. The summed E-state index contributed by atoms with van der Waals surface area (Å²) in [4.78, 5) is 12.5. The summed E-state index contributed by atoms with van der Waals surface area (Å²) in [5.41, 5.74) is 0.937. The van der Waals surface area contributed by atoms with Crippen molar-refractivity contribution in [2.24, 2.45) is 0 Å². The van der Waals surface area contributed by atoms with Crippen LogP contribution >= 0.6 is 22.9 Å². The summed E-state index contributed by atoms with van der Waals surface area (Å²) in [6.07, 6.45) is 1.80. The minimum atomic E-state index is -0.208. The van der Waals surface area contributed by atoms with E-state index in [-0.39, 0.29) is 5.91 Å². The molecular weight excluding hydrogens is 294 g/mol. The van der Waals surface area contributed by atoms with Gasteiger partial charge in [0.1, 0.15) is 0 Å². The molecule has 3 rings (SSSR count). The predicted molar refractivity (Wildman–Crippen MR) is 80.8 cm³/mol. The summed E-state index contributed by atoms with van der Waals surface area (Å²) in [7, 11) is 0. The van der Waals surface area contributed by atoms with Gasteiger partial charge in [-0.05, 0) is 24.3 Å². The highest BCUT2D eigenvalue weighted by Gasteiger charge is 2.10. The van der Waals surface area contributed by atoms with Crippen LogP contribution in [0.1, 0.15) is 9.67 Å². The molecule has 1 amide bonds. The second kappa shape index (κ2) is 5.48. The lowest BCUT2D eigenvalue weighted by molar-refractivity contribution is 0.103. The standard InChI is InChI=1S/C14H10ClN3OS/c15-12-7-6-11(20-12)14(19)16-13-8-9-18(17-13)10-4-2-1-3-5-10/h1-9H,(H,16,17,19). The molecule has 2 aromatic heterocycles. The van der Waals surface area contributed by atoms with Gasteiger partial charge < -0.3 is 5.32 Å². The first-order chi connectivity index (χ1) is 9.72. The molecule has 0 unspecified atom stereocenters. The quantitative estimate of drug-likeness (QED) is 0.799. The fraction of sp³-hybridized carbons (Fsp3) is 0. The zero-order valence-corrected chi connectivity index (χ0v) is 11.9. The second-order valence-electron chi connectivity index (χ2n) is 4.04. The third kappa shape index (κ3) is 2.74. The van der Waals surface area contributed by atoms with Crippen molar-refractivity contribution in [2.75, 3.05) is 5.32 Å². The molecular formula is C14H10ClN3OS. The summed E-state index contributed by atoms with van der Waals surface area (Å²) < 4.78 is 2.29. The van der Waals surface area contributed by atoms with Crippen LogP contribution in [0.3, 0.4) is 0 Å². The van der Waals surface area contributed by atoms with Gasteiger partial charge in [-0.25, -0.2) is 4.68 Å². The van der Waals surface area contributed by atoms with Crippen molar-refractivity contribution in [3.05, 3.63) is 63.9 Å². The van der Waals surface area contributed by atoms with Gasteiger partial charge in [0.25, 0.3) is 5.91 Å². The SMILES string of the molecule is O=C(Nc1ccn(-c2ccccc2)n1)c1ccc(Cl)s1. The molecule has 100 valence electrons. The summed E-state index contributed by atoms with van der Waals surface area (Å²) in [6, 6.07) is 14.8. The minimum absolute atomic E-state index is 0.208. The number of para-hydroxylation sites is 1. The van der Waals surface area contributed by atoms with Crippen molar-refractivity contribution in [1.82, 2.24) is 9.78 Å². The number of anilines is 1. The number of aromatic nitrogens is 2. The van der Waals surface area contributed by atoms with Gasteiger partial charge in [-0.3, -0.25) is 4.79 Å². The van der Waals surface area contributed by atoms with E-state index in [4.69, 9.17) is 11.6 Å². The number of carbonyl (C=O) groups is 1. The van der Waals surface area contributed by atoms with Crippen LogP contribution in [0.4, 0.5) is 5.82 Å². The number of rotatable bonds is 3. The molecule has 0 aliphatic heterocycles. The Kier molecular flexibility index (Phi) is 3.54. The van der Waals surface area contributed by atoms with Crippen molar-refractivity contribution in [1.29, 1.82) is 0 Å². The zero-order valence-electron chi connectivity index (χ0n) is 10.3. The van der Waals surface area contributed by atoms with Crippen molar-refractivity contribution < 1.29 is 4.79 Å². The molecule has 0 bridgehead atoms. The zero-order chi connectivity index (χ0) is 13.9. The van der Waals surface area contributed by atoms with Gasteiger partial charge in [0.2, 0.25) is 0 Å². The maximum atomic E-state index is 12.0. The van der Waals surface area contributed by atoms with Crippen LogP contribution in [-0.4, -0.2) is 15.7 Å². The van der Waals surface area contributed by atoms with E-state index in [1.165, 1.54) is 11.3 Å². The number of benzene rings is 1. The van der Waals surface area contributed by atoms with Crippen LogP contribution in [0.25, 0.3) is 5.69 Å². The topological polar surface area (TPSA) is 46.9 Å². The Balaban J connectivity index is 1.76. The number of hydrogen-bond donors (Lipinski definition) is 1. The van der Waals surface area contributed by atoms with Crippen molar-refractivity contribution >= 4 is 34.7 Å². The van der Waals surface area contributed by atoms with Crippen LogP contribution < -0.4 is 5.32 Å². The number of carbonyl (C=O) groups excluding carboxylic acids is 1. The van der Waals surface area contributed by atoms with Gasteiger partial charge in [0, 0.05) is 12.3 Å². The van der Waals surface area contributed by atoms with Gasteiger partial charge in [-0.15, -0.1) is 11.3 Å². The van der Waals surface area contributed by atoms with Gasteiger partial charge in [0.05, 0.1) is 14.9 Å². The normalized spacial score (nSPS) is 10.4. The molecule has 20 heavy (non-hydrogen) atoms. The lowest BCUT2D eigenvalue weighted by Gasteiger charge is -2.01. The Morgan fingerprint density at radius 3 is 2.65 bits per heavy atom. The van der Waals surface area contributed by atoms with Gasteiger partial charge in [-0.1, -0.05) is 29.8 Å². The van der Waals surface area contributed by atoms with E-state index in [9.17, 15) is 4.79 Å². The number of nitrogens with zero attached hydrogens (tertiary/aromatic N) is 2.